The van der Waals surface area contributed by atoms with Crippen molar-refractivity contribution in [1.29, 1.82) is 0 Å². The van der Waals surface area contributed by atoms with Gasteiger partial charge in [0.15, 0.2) is 0 Å². The van der Waals surface area contributed by atoms with E-state index in [0.717, 1.165) is 38.3 Å². The molecule has 138 valence electrons. The van der Waals surface area contributed by atoms with Crippen LogP contribution in [0.2, 0.25) is 10.0 Å². The monoisotopic (exact) mass is 397 g/mol. The van der Waals surface area contributed by atoms with Crippen molar-refractivity contribution in [1.82, 2.24) is 9.91 Å². The molecule has 0 atom stereocenters. The molecule has 0 spiro atoms. The number of piperazine rings is 1. The lowest BCUT2D eigenvalue weighted by Gasteiger charge is -2.33. The minimum absolute atomic E-state index is 0.556. The van der Waals surface area contributed by atoms with E-state index in [2.05, 4.69) is 57.5 Å². The average molecular weight is 398 g/mol. The summed E-state index contributed by atoms with van der Waals surface area (Å²) in [6.45, 7) is 4.82. The number of benzene rings is 3. The summed E-state index contributed by atoms with van der Waals surface area (Å²) in [5.41, 5.74) is 2.35. The van der Waals surface area contributed by atoms with Crippen LogP contribution in [0.1, 0.15) is 11.1 Å². The third-order valence-corrected chi connectivity index (χ3v) is 5.68. The second-order valence-electron chi connectivity index (χ2n) is 6.79. The molecule has 0 aliphatic carbocycles. The van der Waals surface area contributed by atoms with Crippen LogP contribution in [0.15, 0.2) is 65.8 Å². The second kappa shape index (κ2) is 8.30. The molecule has 1 aliphatic rings. The lowest BCUT2D eigenvalue weighted by Crippen LogP contribution is -2.43. The molecule has 1 aliphatic heterocycles. The normalized spacial score (nSPS) is 15.7. The SMILES string of the molecule is Clc1ccc(C=NN2CCN(Cc3cccc4ccccc34)CC2)cc1Cl. The summed E-state index contributed by atoms with van der Waals surface area (Å²) in [4.78, 5) is 2.49. The van der Waals surface area contributed by atoms with Gasteiger partial charge in [0.25, 0.3) is 0 Å². The van der Waals surface area contributed by atoms with Gasteiger partial charge in [-0.05, 0) is 34.0 Å². The molecule has 27 heavy (non-hydrogen) atoms. The lowest BCUT2D eigenvalue weighted by molar-refractivity contribution is 0.131. The summed E-state index contributed by atoms with van der Waals surface area (Å²) < 4.78 is 0. The van der Waals surface area contributed by atoms with Crippen molar-refractivity contribution in [2.24, 2.45) is 5.10 Å². The van der Waals surface area contributed by atoms with E-state index in [4.69, 9.17) is 23.2 Å². The van der Waals surface area contributed by atoms with Crippen molar-refractivity contribution >= 4 is 40.2 Å². The van der Waals surface area contributed by atoms with Crippen molar-refractivity contribution in [3.05, 3.63) is 81.8 Å². The van der Waals surface area contributed by atoms with Gasteiger partial charge in [0.05, 0.1) is 16.3 Å². The molecule has 0 unspecified atom stereocenters. The average Bonchev–Trinajstić information content (AvgIpc) is 2.70. The Labute approximate surface area is 169 Å². The molecule has 1 fully saturated rings. The smallest absolute Gasteiger partial charge is 0.0598 e. The summed E-state index contributed by atoms with van der Waals surface area (Å²) in [6, 6.07) is 20.7. The van der Waals surface area contributed by atoms with Gasteiger partial charge in [-0.1, -0.05) is 71.7 Å². The van der Waals surface area contributed by atoms with Crippen LogP contribution in [-0.2, 0) is 6.54 Å². The van der Waals surface area contributed by atoms with E-state index in [1.165, 1.54) is 16.3 Å². The molecule has 5 heteroatoms. The van der Waals surface area contributed by atoms with Crippen molar-refractivity contribution < 1.29 is 0 Å². The summed E-state index contributed by atoms with van der Waals surface area (Å²) in [5, 5.41) is 10.5. The number of hydrazone groups is 1. The Hall–Kier alpha value is -2.07. The topological polar surface area (TPSA) is 18.8 Å². The molecule has 0 amide bonds. The highest BCUT2D eigenvalue weighted by atomic mass is 35.5. The van der Waals surface area contributed by atoms with E-state index in [-0.39, 0.29) is 0 Å². The first kappa shape index (κ1) is 18.3. The van der Waals surface area contributed by atoms with Gasteiger partial charge in [0.1, 0.15) is 0 Å². The molecule has 3 aromatic rings. The summed E-state index contributed by atoms with van der Waals surface area (Å²) in [6.07, 6.45) is 1.85. The molecule has 0 bridgehead atoms. The van der Waals surface area contributed by atoms with Gasteiger partial charge in [0, 0.05) is 32.7 Å². The van der Waals surface area contributed by atoms with Crippen LogP contribution >= 0.6 is 23.2 Å². The number of hydrogen-bond acceptors (Lipinski definition) is 3. The van der Waals surface area contributed by atoms with Crippen LogP contribution < -0.4 is 0 Å². The molecule has 1 saturated heterocycles. The van der Waals surface area contributed by atoms with Gasteiger partial charge >= 0.3 is 0 Å². The van der Waals surface area contributed by atoms with E-state index < -0.39 is 0 Å². The molecule has 0 aromatic heterocycles. The Morgan fingerprint density at radius 1 is 0.852 bits per heavy atom. The Morgan fingerprint density at radius 3 is 2.44 bits per heavy atom. The maximum absolute atomic E-state index is 6.06. The molecule has 0 N–H and O–H groups in total. The van der Waals surface area contributed by atoms with Crippen molar-refractivity contribution in [2.75, 3.05) is 26.2 Å². The Morgan fingerprint density at radius 2 is 1.63 bits per heavy atom. The van der Waals surface area contributed by atoms with Crippen LogP contribution in [0.5, 0.6) is 0 Å². The fourth-order valence-corrected chi connectivity index (χ4v) is 3.73. The standard InChI is InChI=1S/C22H21Cl2N3/c23-21-9-8-17(14-22(21)24)15-25-27-12-10-26(11-13-27)16-19-6-3-5-18-4-1-2-7-20(18)19/h1-9,14-15H,10-13,16H2. The van der Waals surface area contributed by atoms with E-state index in [1.54, 1.807) is 6.07 Å². The maximum atomic E-state index is 6.06. The molecular weight excluding hydrogens is 377 g/mol. The van der Waals surface area contributed by atoms with Crippen LogP contribution in [0.25, 0.3) is 10.8 Å². The van der Waals surface area contributed by atoms with E-state index in [0.29, 0.717) is 10.0 Å². The van der Waals surface area contributed by atoms with Gasteiger partial charge < -0.3 is 0 Å². The lowest BCUT2D eigenvalue weighted by atomic mass is 10.0. The summed E-state index contributed by atoms with van der Waals surface area (Å²) in [7, 11) is 0. The second-order valence-corrected chi connectivity index (χ2v) is 7.60. The molecular formula is C22H21Cl2N3. The Balaban J connectivity index is 1.36. The van der Waals surface area contributed by atoms with Crippen LogP contribution in [-0.4, -0.2) is 42.3 Å². The van der Waals surface area contributed by atoms with Gasteiger partial charge in [-0.15, -0.1) is 0 Å². The van der Waals surface area contributed by atoms with Crippen molar-refractivity contribution in [3.63, 3.8) is 0 Å². The largest absolute Gasteiger partial charge is 0.295 e. The van der Waals surface area contributed by atoms with Crippen molar-refractivity contribution in [3.8, 4) is 0 Å². The summed E-state index contributed by atoms with van der Waals surface area (Å²) >= 11 is 12.0. The number of rotatable bonds is 4. The molecule has 1 heterocycles. The molecule has 3 aromatic carbocycles. The van der Waals surface area contributed by atoms with Crippen LogP contribution in [0.3, 0.4) is 0 Å². The van der Waals surface area contributed by atoms with Gasteiger partial charge in [-0.3, -0.25) is 9.91 Å². The van der Waals surface area contributed by atoms with E-state index in [9.17, 15) is 0 Å². The zero-order chi connectivity index (χ0) is 18.6. The molecule has 3 nitrogen and oxygen atoms in total. The van der Waals surface area contributed by atoms with Crippen molar-refractivity contribution in [2.45, 2.75) is 6.54 Å². The fourth-order valence-electron chi connectivity index (χ4n) is 3.42. The first-order valence-corrected chi connectivity index (χ1v) is 9.87. The zero-order valence-electron chi connectivity index (χ0n) is 15.0. The third-order valence-electron chi connectivity index (χ3n) is 4.94. The quantitative estimate of drug-likeness (QED) is 0.556. The predicted octanol–water partition coefficient (Wildman–Crippen LogP) is 5.30. The number of hydrogen-bond donors (Lipinski definition) is 0. The van der Waals surface area contributed by atoms with E-state index in [1.807, 2.05) is 18.3 Å². The van der Waals surface area contributed by atoms with Crippen LogP contribution in [0, 0.1) is 0 Å². The van der Waals surface area contributed by atoms with E-state index >= 15 is 0 Å². The van der Waals surface area contributed by atoms with Gasteiger partial charge in [-0.25, -0.2) is 0 Å². The number of halogens is 2. The fraction of sp³-hybridized carbons (Fsp3) is 0.227. The number of nitrogens with zero attached hydrogens (tertiary/aromatic N) is 3. The first-order chi connectivity index (χ1) is 13.2. The minimum atomic E-state index is 0.556. The first-order valence-electron chi connectivity index (χ1n) is 9.12. The molecule has 4 rings (SSSR count). The Bertz CT molecular complexity index is 957. The minimum Gasteiger partial charge on any atom is -0.295 e. The van der Waals surface area contributed by atoms with Gasteiger partial charge in [0.2, 0.25) is 0 Å². The number of fused-ring (bicyclic) bond motifs is 1. The summed E-state index contributed by atoms with van der Waals surface area (Å²) in [5.74, 6) is 0. The molecule has 0 saturated carbocycles. The maximum Gasteiger partial charge on any atom is 0.0598 e. The zero-order valence-corrected chi connectivity index (χ0v) is 16.5. The van der Waals surface area contributed by atoms with Gasteiger partial charge in [-0.2, -0.15) is 5.10 Å². The molecule has 0 radical (unpaired) electrons. The predicted molar refractivity (Wildman–Crippen MR) is 115 cm³/mol. The highest BCUT2D eigenvalue weighted by Crippen LogP contribution is 2.22. The van der Waals surface area contributed by atoms with Crippen LogP contribution in [0.4, 0.5) is 0 Å². The third kappa shape index (κ3) is 4.44. The Kier molecular flexibility index (Phi) is 5.63. The highest BCUT2D eigenvalue weighted by Gasteiger charge is 2.16. The highest BCUT2D eigenvalue weighted by molar-refractivity contribution is 6.42.